The quantitative estimate of drug-likeness (QED) is 0.314. The van der Waals surface area contributed by atoms with Gasteiger partial charge < -0.3 is 4.42 Å². The lowest BCUT2D eigenvalue weighted by Gasteiger charge is -2.21. The van der Waals surface area contributed by atoms with Gasteiger partial charge >= 0.3 is 0 Å². The number of hydrazone groups is 1. The summed E-state index contributed by atoms with van der Waals surface area (Å²) < 4.78 is 30.8. The Kier molecular flexibility index (Phi) is 6.69. The number of benzene rings is 2. The molecule has 32 heavy (non-hydrogen) atoms. The van der Waals surface area contributed by atoms with Crippen LogP contribution in [0.5, 0.6) is 0 Å². The second kappa shape index (κ2) is 9.43. The van der Waals surface area contributed by atoms with Crippen molar-refractivity contribution in [3.8, 4) is 11.3 Å². The first-order chi connectivity index (χ1) is 15.1. The van der Waals surface area contributed by atoms with E-state index in [1.54, 1.807) is 42.5 Å². The van der Waals surface area contributed by atoms with Crippen LogP contribution in [0.4, 0.5) is 11.4 Å². The van der Waals surface area contributed by atoms with Crippen LogP contribution in [-0.2, 0) is 14.8 Å². The maximum absolute atomic E-state index is 12.2. The van der Waals surface area contributed by atoms with E-state index >= 15 is 0 Å². The average molecular weight is 456 g/mol. The molecule has 3 aromatic rings. The molecule has 1 heterocycles. The van der Waals surface area contributed by atoms with Crippen molar-refractivity contribution >= 4 is 33.5 Å². The molecule has 0 spiro atoms. The maximum Gasteiger partial charge on any atom is 0.269 e. The van der Waals surface area contributed by atoms with Gasteiger partial charge in [-0.15, -0.1) is 0 Å². The first kappa shape index (κ1) is 22.7. The van der Waals surface area contributed by atoms with Crippen LogP contribution in [0.2, 0.25) is 0 Å². The Morgan fingerprint density at radius 3 is 2.53 bits per heavy atom. The van der Waals surface area contributed by atoms with Crippen molar-refractivity contribution in [2.24, 2.45) is 5.10 Å². The number of hydrogen-bond acceptors (Lipinski definition) is 7. The van der Waals surface area contributed by atoms with Crippen LogP contribution in [0.1, 0.15) is 11.3 Å². The van der Waals surface area contributed by atoms with E-state index in [0.29, 0.717) is 22.8 Å². The van der Waals surface area contributed by atoms with Crippen LogP contribution in [0, 0.1) is 17.0 Å². The molecule has 1 amide bonds. The highest BCUT2D eigenvalue weighted by atomic mass is 32.2. The third-order valence-corrected chi connectivity index (χ3v) is 5.49. The number of rotatable bonds is 8. The highest BCUT2D eigenvalue weighted by Gasteiger charge is 2.20. The van der Waals surface area contributed by atoms with Gasteiger partial charge in [0, 0.05) is 17.7 Å². The molecule has 1 aromatic heterocycles. The van der Waals surface area contributed by atoms with Crippen molar-refractivity contribution in [1.29, 1.82) is 0 Å². The van der Waals surface area contributed by atoms with Gasteiger partial charge in [0.15, 0.2) is 0 Å². The summed E-state index contributed by atoms with van der Waals surface area (Å²) in [6.45, 7) is 1.38. The molecule has 0 bridgehead atoms. The summed E-state index contributed by atoms with van der Waals surface area (Å²) in [5.41, 5.74) is 4.13. The number of hydrogen-bond donors (Lipinski definition) is 1. The number of sulfonamides is 1. The fourth-order valence-corrected chi connectivity index (χ4v) is 3.69. The zero-order chi connectivity index (χ0) is 23.3. The van der Waals surface area contributed by atoms with Gasteiger partial charge in [-0.3, -0.25) is 19.2 Å². The van der Waals surface area contributed by atoms with Gasteiger partial charge in [-0.1, -0.05) is 12.1 Å². The van der Waals surface area contributed by atoms with Gasteiger partial charge in [0.25, 0.3) is 11.6 Å². The van der Waals surface area contributed by atoms with Crippen molar-refractivity contribution in [3.63, 3.8) is 0 Å². The molecule has 0 aliphatic rings. The van der Waals surface area contributed by atoms with Crippen molar-refractivity contribution < 1.29 is 22.6 Å². The predicted octanol–water partition coefficient (Wildman–Crippen LogP) is 3.08. The van der Waals surface area contributed by atoms with Crippen molar-refractivity contribution in [3.05, 3.63) is 82.1 Å². The minimum Gasteiger partial charge on any atom is -0.455 e. The highest BCUT2D eigenvalue weighted by Crippen LogP contribution is 2.24. The molecule has 0 aliphatic carbocycles. The molecule has 0 aliphatic heterocycles. The van der Waals surface area contributed by atoms with Crippen molar-refractivity contribution in [1.82, 2.24) is 5.43 Å². The number of nitro benzene ring substituents is 1. The summed E-state index contributed by atoms with van der Waals surface area (Å²) in [6.07, 6.45) is 2.29. The molecule has 0 atom stereocenters. The lowest BCUT2D eigenvalue weighted by molar-refractivity contribution is -0.384. The lowest BCUT2D eigenvalue weighted by atomic mass is 10.1. The van der Waals surface area contributed by atoms with Crippen LogP contribution < -0.4 is 9.73 Å². The molecule has 0 fully saturated rings. The fourth-order valence-electron chi connectivity index (χ4n) is 2.84. The van der Waals surface area contributed by atoms with E-state index < -0.39 is 27.4 Å². The zero-order valence-electron chi connectivity index (χ0n) is 17.3. The highest BCUT2D eigenvalue weighted by molar-refractivity contribution is 7.92. The molecular formula is C21H20N4O6S. The molecule has 0 saturated carbocycles. The Morgan fingerprint density at radius 2 is 1.91 bits per heavy atom. The maximum atomic E-state index is 12.2. The molecule has 0 saturated heterocycles. The monoisotopic (exact) mass is 456 g/mol. The molecule has 166 valence electrons. The normalized spacial score (nSPS) is 11.4. The fraction of sp³-hybridized carbons (Fsp3) is 0.143. The van der Waals surface area contributed by atoms with E-state index in [1.165, 1.54) is 18.3 Å². The largest absolute Gasteiger partial charge is 0.455 e. The number of nitro groups is 1. The standard InChI is InChI=1S/C21H20N4O6S/c1-15-4-3-5-18(12-15)24(32(2,29)30)14-21(26)23-22-13-19-10-11-20(31-19)16-6-8-17(9-7-16)25(27)28/h3-13H,14H2,1-2H3,(H,23,26)/b22-13-. The van der Waals surface area contributed by atoms with Gasteiger partial charge in [0.1, 0.15) is 18.1 Å². The summed E-state index contributed by atoms with van der Waals surface area (Å²) in [5.74, 6) is 0.169. The number of carbonyl (C=O) groups is 1. The van der Waals surface area contributed by atoms with Crippen LogP contribution in [-0.4, -0.2) is 38.3 Å². The van der Waals surface area contributed by atoms with Crippen LogP contribution >= 0.6 is 0 Å². The summed E-state index contributed by atoms with van der Waals surface area (Å²) in [4.78, 5) is 22.5. The number of anilines is 1. The topological polar surface area (TPSA) is 135 Å². The number of amides is 1. The number of carbonyl (C=O) groups excluding carboxylic acids is 1. The van der Waals surface area contributed by atoms with E-state index in [9.17, 15) is 23.3 Å². The molecule has 11 heteroatoms. The minimum atomic E-state index is -3.68. The predicted molar refractivity (Wildman–Crippen MR) is 120 cm³/mol. The van der Waals surface area contributed by atoms with E-state index in [-0.39, 0.29) is 5.69 Å². The molecule has 2 aromatic carbocycles. The van der Waals surface area contributed by atoms with Gasteiger partial charge in [0.2, 0.25) is 10.0 Å². The number of nitrogens with zero attached hydrogens (tertiary/aromatic N) is 3. The third-order valence-electron chi connectivity index (χ3n) is 4.35. The van der Waals surface area contributed by atoms with Gasteiger partial charge in [-0.2, -0.15) is 5.10 Å². The summed E-state index contributed by atoms with van der Waals surface area (Å²) >= 11 is 0. The van der Waals surface area contributed by atoms with Crippen molar-refractivity contribution in [2.45, 2.75) is 6.92 Å². The Hall–Kier alpha value is -3.99. The Balaban J connectivity index is 1.64. The first-order valence-electron chi connectivity index (χ1n) is 9.34. The Bertz CT molecular complexity index is 1270. The van der Waals surface area contributed by atoms with E-state index in [0.717, 1.165) is 16.1 Å². The van der Waals surface area contributed by atoms with Crippen LogP contribution in [0.15, 0.2) is 70.2 Å². The minimum absolute atomic E-state index is 0.0291. The Labute approximate surface area is 184 Å². The van der Waals surface area contributed by atoms with Gasteiger partial charge in [-0.25, -0.2) is 13.8 Å². The first-order valence-corrected chi connectivity index (χ1v) is 11.2. The molecule has 0 unspecified atom stereocenters. The van der Waals surface area contributed by atoms with E-state index in [4.69, 9.17) is 4.42 Å². The molecular weight excluding hydrogens is 436 g/mol. The second-order valence-electron chi connectivity index (χ2n) is 6.91. The summed E-state index contributed by atoms with van der Waals surface area (Å²) in [5, 5.41) is 14.5. The molecule has 3 rings (SSSR count). The number of aryl methyl sites for hydroxylation is 1. The Morgan fingerprint density at radius 1 is 1.19 bits per heavy atom. The molecule has 1 N–H and O–H groups in total. The van der Waals surface area contributed by atoms with Crippen LogP contribution in [0.3, 0.4) is 0 Å². The molecule has 10 nitrogen and oxygen atoms in total. The number of non-ortho nitro benzene ring substituents is 1. The van der Waals surface area contributed by atoms with Crippen LogP contribution in [0.25, 0.3) is 11.3 Å². The third kappa shape index (κ3) is 5.79. The van der Waals surface area contributed by atoms with Gasteiger partial charge in [-0.05, 0) is 48.9 Å². The number of furan rings is 1. The second-order valence-corrected chi connectivity index (χ2v) is 8.81. The van der Waals surface area contributed by atoms with E-state index in [2.05, 4.69) is 10.5 Å². The zero-order valence-corrected chi connectivity index (χ0v) is 18.1. The van der Waals surface area contributed by atoms with Crippen molar-refractivity contribution in [2.75, 3.05) is 17.1 Å². The number of nitrogens with one attached hydrogen (secondary N) is 1. The smallest absolute Gasteiger partial charge is 0.269 e. The average Bonchev–Trinajstić information content (AvgIpc) is 3.20. The molecule has 0 radical (unpaired) electrons. The summed E-state index contributed by atoms with van der Waals surface area (Å²) in [6, 6.07) is 15.9. The SMILES string of the molecule is Cc1cccc(N(CC(=O)N/N=C\c2ccc(-c3ccc([N+](=O)[O-])cc3)o2)S(C)(=O)=O)c1. The van der Waals surface area contributed by atoms with E-state index in [1.807, 2.05) is 13.0 Å². The lowest BCUT2D eigenvalue weighted by Crippen LogP contribution is -2.39. The van der Waals surface area contributed by atoms with Gasteiger partial charge in [0.05, 0.1) is 23.1 Å². The summed E-state index contributed by atoms with van der Waals surface area (Å²) in [7, 11) is -3.68.